The van der Waals surface area contributed by atoms with Crippen molar-refractivity contribution in [1.29, 1.82) is 0 Å². The van der Waals surface area contributed by atoms with Gasteiger partial charge in [0, 0.05) is 33.2 Å². The number of unbranched alkanes of at least 4 members (excludes halogenated alkanes) is 2. The van der Waals surface area contributed by atoms with Crippen molar-refractivity contribution in [2.75, 3.05) is 26.8 Å². The molecule has 2 amide bonds. The number of benzene rings is 1. The predicted octanol–water partition coefficient (Wildman–Crippen LogP) is 4.25. The molecule has 0 radical (unpaired) electrons. The lowest BCUT2D eigenvalue weighted by Crippen LogP contribution is -2.43. The van der Waals surface area contributed by atoms with Crippen LogP contribution in [-0.2, 0) is 27.4 Å². The summed E-state index contributed by atoms with van der Waals surface area (Å²) in [6.07, 6.45) is 5.72. The van der Waals surface area contributed by atoms with Crippen LogP contribution in [0.5, 0.6) is 0 Å². The number of nitrogens with zero attached hydrogens (tertiary/aromatic N) is 2. The quantitative estimate of drug-likeness (QED) is 0.434. The molecule has 2 aromatic rings. The van der Waals surface area contributed by atoms with Crippen LogP contribution in [0.15, 0.2) is 53.1 Å². The molecule has 0 saturated heterocycles. The molecule has 30 heavy (non-hydrogen) atoms. The Kier molecular flexibility index (Phi) is 10.7. The Morgan fingerprint density at radius 2 is 1.73 bits per heavy atom. The Hall–Kier alpha value is -2.60. The Balaban J connectivity index is 2.07. The number of rotatable bonds is 14. The Morgan fingerprint density at radius 3 is 2.40 bits per heavy atom. The fourth-order valence-electron chi connectivity index (χ4n) is 3.27. The molecule has 6 heteroatoms. The molecule has 0 atom stereocenters. The zero-order valence-electron chi connectivity index (χ0n) is 18.2. The van der Waals surface area contributed by atoms with E-state index in [9.17, 15) is 9.59 Å². The molecule has 1 heterocycles. The van der Waals surface area contributed by atoms with E-state index in [1.165, 1.54) is 0 Å². The first-order valence-electron chi connectivity index (χ1n) is 10.7. The van der Waals surface area contributed by atoms with Crippen LogP contribution < -0.4 is 0 Å². The minimum atomic E-state index is -0.0866. The second-order valence-corrected chi connectivity index (χ2v) is 7.43. The van der Waals surface area contributed by atoms with E-state index in [-0.39, 0.29) is 18.4 Å². The lowest BCUT2D eigenvalue weighted by Gasteiger charge is -2.27. The maximum atomic E-state index is 13.2. The third-order valence-electron chi connectivity index (χ3n) is 4.95. The molecule has 0 unspecified atom stereocenters. The third-order valence-corrected chi connectivity index (χ3v) is 4.95. The molecular weight excluding hydrogens is 380 g/mol. The molecule has 0 bridgehead atoms. The van der Waals surface area contributed by atoms with Crippen molar-refractivity contribution in [2.45, 2.75) is 52.1 Å². The number of ether oxygens (including phenoxy) is 1. The summed E-state index contributed by atoms with van der Waals surface area (Å²) in [6, 6.07) is 13.5. The number of amides is 2. The van der Waals surface area contributed by atoms with Crippen LogP contribution in [0.4, 0.5) is 0 Å². The van der Waals surface area contributed by atoms with E-state index in [2.05, 4.69) is 6.92 Å². The van der Waals surface area contributed by atoms with Crippen molar-refractivity contribution in [3.63, 3.8) is 0 Å². The van der Waals surface area contributed by atoms with Crippen molar-refractivity contribution < 1.29 is 18.7 Å². The number of furan rings is 1. The normalized spacial score (nSPS) is 10.7. The van der Waals surface area contributed by atoms with Crippen molar-refractivity contribution in [3.05, 3.63) is 60.1 Å². The third kappa shape index (κ3) is 8.41. The number of hydrogen-bond acceptors (Lipinski definition) is 4. The Morgan fingerprint density at radius 1 is 0.933 bits per heavy atom. The summed E-state index contributed by atoms with van der Waals surface area (Å²) < 4.78 is 10.6. The van der Waals surface area contributed by atoms with Gasteiger partial charge in [-0.25, -0.2) is 0 Å². The minimum absolute atomic E-state index is 0.0329. The van der Waals surface area contributed by atoms with Crippen LogP contribution in [0, 0.1) is 0 Å². The molecule has 0 aliphatic rings. The van der Waals surface area contributed by atoms with Gasteiger partial charge in [-0.1, -0.05) is 50.1 Å². The second-order valence-electron chi connectivity index (χ2n) is 7.43. The standard InChI is InChI=1S/C24H34N2O4/c1-3-4-6-14-23(27)25(15-10-16-29-2)20-24(28)26(19-22-13-9-17-30-22)18-21-11-7-5-8-12-21/h5,7-9,11-13,17H,3-4,6,10,14-16,18-20H2,1-2H3. The zero-order chi connectivity index (χ0) is 21.6. The van der Waals surface area contributed by atoms with E-state index >= 15 is 0 Å². The van der Waals surface area contributed by atoms with Gasteiger partial charge in [-0.3, -0.25) is 9.59 Å². The van der Waals surface area contributed by atoms with Gasteiger partial charge < -0.3 is 19.0 Å². The highest BCUT2D eigenvalue weighted by Gasteiger charge is 2.22. The lowest BCUT2D eigenvalue weighted by molar-refractivity contribution is -0.141. The summed E-state index contributed by atoms with van der Waals surface area (Å²) in [5.74, 6) is 0.668. The highest BCUT2D eigenvalue weighted by Crippen LogP contribution is 2.13. The predicted molar refractivity (Wildman–Crippen MR) is 117 cm³/mol. The molecule has 0 aliphatic heterocycles. The molecule has 0 spiro atoms. The average Bonchev–Trinajstić information content (AvgIpc) is 3.26. The van der Waals surface area contributed by atoms with Gasteiger partial charge in [-0.2, -0.15) is 0 Å². The average molecular weight is 415 g/mol. The van der Waals surface area contributed by atoms with Gasteiger partial charge in [0.25, 0.3) is 0 Å². The van der Waals surface area contributed by atoms with Gasteiger partial charge in [0.05, 0.1) is 19.4 Å². The number of carbonyl (C=O) groups is 2. The molecule has 1 aromatic carbocycles. The molecule has 1 aromatic heterocycles. The first kappa shape index (κ1) is 23.7. The molecule has 6 nitrogen and oxygen atoms in total. The molecule has 2 rings (SSSR count). The first-order chi connectivity index (χ1) is 14.6. The van der Waals surface area contributed by atoms with Crippen molar-refractivity contribution >= 4 is 11.8 Å². The van der Waals surface area contributed by atoms with Crippen molar-refractivity contribution in [3.8, 4) is 0 Å². The van der Waals surface area contributed by atoms with Gasteiger partial charge in [0.15, 0.2) is 0 Å². The lowest BCUT2D eigenvalue weighted by atomic mass is 10.2. The Labute approximate surface area is 179 Å². The molecular formula is C24H34N2O4. The summed E-state index contributed by atoms with van der Waals surface area (Å²) in [5.41, 5.74) is 1.04. The largest absolute Gasteiger partial charge is 0.467 e. The van der Waals surface area contributed by atoms with E-state index < -0.39 is 0 Å². The highest BCUT2D eigenvalue weighted by atomic mass is 16.5. The summed E-state index contributed by atoms with van der Waals surface area (Å²) >= 11 is 0. The molecule has 0 aliphatic carbocycles. The van der Waals surface area contributed by atoms with Gasteiger partial charge in [-0.05, 0) is 30.5 Å². The Bertz CT molecular complexity index is 731. The van der Waals surface area contributed by atoms with Crippen LogP contribution in [0.25, 0.3) is 0 Å². The van der Waals surface area contributed by atoms with Gasteiger partial charge in [-0.15, -0.1) is 0 Å². The van der Waals surface area contributed by atoms with E-state index in [1.807, 2.05) is 42.5 Å². The fourth-order valence-corrected chi connectivity index (χ4v) is 3.27. The summed E-state index contributed by atoms with van der Waals surface area (Å²) in [7, 11) is 1.64. The van der Waals surface area contributed by atoms with E-state index in [0.29, 0.717) is 39.1 Å². The topological polar surface area (TPSA) is 63.0 Å². The van der Waals surface area contributed by atoms with Gasteiger partial charge >= 0.3 is 0 Å². The van der Waals surface area contributed by atoms with Crippen molar-refractivity contribution in [2.24, 2.45) is 0 Å². The SMILES string of the molecule is CCCCCC(=O)N(CCCOC)CC(=O)N(Cc1ccccc1)Cc1ccco1. The maximum absolute atomic E-state index is 13.2. The molecule has 0 saturated carbocycles. The van der Waals surface area contributed by atoms with E-state index in [4.69, 9.17) is 9.15 Å². The summed E-state index contributed by atoms with van der Waals surface area (Å²) in [5, 5.41) is 0. The number of hydrogen-bond donors (Lipinski definition) is 0. The highest BCUT2D eigenvalue weighted by molar-refractivity contribution is 5.84. The van der Waals surface area contributed by atoms with E-state index in [0.717, 1.165) is 30.6 Å². The fraction of sp³-hybridized carbons (Fsp3) is 0.500. The maximum Gasteiger partial charge on any atom is 0.242 e. The van der Waals surface area contributed by atoms with Crippen LogP contribution in [0.2, 0.25) is 0 Å². The van der Waals surface area contributed by atoms with Gasteiger partial charge in [0.2, 0.25) is 11.8 Å². The van der Waals surface area contributed by atoms with Gasteiger partial charge in [0.1, 0.15) is 5.76 Å². The van der Waals surface area contributed by atoms with Crippen LogP contribution in [0.3, 0.4) is 0 Å². The molecule has 164 valence electrons. The van der Waals surface area contributed by atoms with Crippen molar-refractivity contribution in [1.82, 2.24) is 9.80 Å². The van der Waals surface area contributed by atoms with Crippen LogP contribution >= 0.6 is 0 Å². The number of carbonyl (C=O) groups excluding carboxylic acids is 2. The summed E-state index contributed by atoms with van der Waals surface area (Å²) in [6.45, 7) is 4.10. The monoisotopic (exact) mass is 414 g/mol. The van der Waals surface area contributed by atoms with E-state index in [1.54, 1.807) is 23.2 Å². The minimum Gasteiger partial charge on any atom is -0.467 e. The first-order valence-corrected chi connectivity index (χ1v) is 10.7. The zero-order valence-corrected chi connectivity index (χ0v) is 18.2. The smallest absolute Gasteiger partial charge is 0.242 e. The second kappa shape index (κ2) is 13.6. The molecule has 0 N–H and O–H groups in total. The van der Waals surface area contributed by atoms with Crippen LogP contribution in [-0.4, -0.2) is 48.4 Å². The van der Waals surface area contributed by atoms with Crippen LogP contribution in [0.1, 0.15) is 50.4 Å². The number of methoxy groups -OCH3 is 1. The summed E-state index contributed by atoms with van der Waals surface area (Å²) in [4.78, 5) is 29.4. The molecule has 0 fully saturated rings.